The highest BCUT2D eigenvalue weighted by molar-refractivity contribution is 5.75. The zero-order valence-corrected chi connectivity index (χ0v) is 11.7. The molecule has 0 amide bonds. The van der Waals surface area contributed by atoms with Gasteiger partial charge in [0.15, 0.2) is 0 Å². The maximum Gasteiger partial charge on any atom is 0.322 e. The first-order chi connectivity index (χ1) is 9.20. The van der Waals surface area contributed by atoms with Crippen molar-refractivity contribution in [3.63, 3.8) is 0 Å². The van der Waals surface area contributed by atoms with Gasteiger partial charge in [-0.05, 0) is 12.5 Å². The SMILES string of the molecule is COC(=O)[C@@H](C)N1CCN(Cc2ccccc2)CC1. The van der Waals surface area contributed by atoms with Gasteiger partial charge in [0.2, 0.25) is 0 Å². The lowest BCUT2D eigenvalue weighted by Crippen LogP contribution is -2.51. The number of esters is 1. The van der Waals surface area contributed by atoms with Crippen LogP contribution in [0, 0.1) is 0 Å². The van der Waals surface area contributed by atoms with E-state index in [1.54, 1.807) is 0 Å². The molecule has 0 unspecified atom stereocenters. The molecule has 0 radical (unpaired) electrons. The van der Waals surface area contributed by atoms with Gasteiger partial charge in [0.05, 0.1) is 7.11 Å². The number of piperazine rings is 1. The fourth-order valence-corrected chi connectivity index (χ4v) is 2.47. The Kier molecular flexibility index (Phi) is 4.93. The normalized spacial score (nSPS) is 19.1. The molecule has 1 atom stereocenters. The number of hydrogen-bond donors (Lipinski definition) is 0. The Morgan fingerprint density at radius 3 is 2.42 bits per heavy atom. The van der Waals surface area contributed by atoms with Gasteiger partial charge in [-0.3, -0.25) is 14.6 Å². The summed E-state index contributed by atoms with van der Waals surface area (Å²) >= 11 is 0. The average molecular weight is 262 g/mol. The first-order valence-corrected chi connectivity index (χ1v) is 6.79. The van der Waals surface area contributed by atoms with E-state index in [-0.39, 0.29) is 12.0 Å². The highest BCUT2D eigenvalue weighted by Gasteiger charge is 2.25. The minimum Gasteiger partial charge on any atom is -0.468 e. The molecule has 1 aromatic carbocycles. The lowest BCUT2D eigenvalue weighted by molar-refractivity contribution is -0.147. The molecule has 1 heterocycles. The monoisotopic (exact) mass is 262 g/mol. The van der Waals surface area contributed by atoms with Crippen molar-refractivity contribution >= 4 is 5.97 Å². The third-order valence-corrected chi connectivity index (χ3v) is 3.75. The molecule has 1 aromatic rings. The van der Waals surface area contributed by atoms with E-state index in [9.17, 15) is 4.79 Å². The molecule has 4 heteroatoms. The van der Waals surface area contributed by atoms with Gasteiger partial charge in [-0.15, -0.1) is 0 Å². The Morgan fingerprint density at radius 2 is 1.84 bits per heavy atom. The van der Waals surface area contributed by atoms with E-state index in [1.165, 1.54) is 12.7 Å². The summed E-state index contributed by atoms with van der Waals surface area (Å²) in [6.45, 7) is 6.73. The molecule has 1 saturated heterocycles. The second-order valence-electron chi connectivity index (χ2n) is 5.00. The first-order valence-electron chi connectivity index (χ1n) is 6.79. The smallest absolute Gasteiger partial charge is 0.322 e. The molecule has 4 nitrogen and oxygen atoms in total. The molecular formula is C15H22N2O2. The number of nitrogens with zero attached hydrogens (tertiary/aromatic N) is 2. The molecule has 0 bridgehead atoms. The first kappa shape index (κ1) is 14.0. The molecule has 0 spiro atoms. The summed E-state index contributed by atoms with van der Waals surface area (Å²) in [7, 11) is 1.45. The summed E-state index contributed by atoms with van der Waals surface area (Å²) in [4.78, 5) is 16.1. The number of carbonyl (C=O) groups excluding carboxylic acids is 1. The molecule has 19 heavy (non-hydrogen) atoms. The van der Waals surface area contributed by atoms with Crippen LogP contribution in [-0.2, 0) is 16.1 Å². The zero-order chi connectivity index (χ0) is 13.7. The molecule has 2 rings (SSSR count). The van der Waals surface area contributed by atoms with Gasteiger partial charge >= 0.3 is 5.97 Å². The molecule has 0 aliphatic carbocycles. The second-order valence-corrected chi connectivity index (χ2v) is 5.00. The average Bonchev–Trinajstić information content (AvgIpc) is 2.47. The lowest BCUT2D eigenvalue weighted by atomic mass is 10.2. The third-order valence-electron chi connectivity index (χ3n) is 3.75. The van der Waals surface area contributed by atoms with Crippen molar-refractivity contribution in [2.75, 3.05) is 33.3 Å². The number of carbonyl (C=O) groups is 1. The molecule has 0 saturated carbocycles. The van der Waals surface area contributed by atoms with Crippen LogP contribution in [0.5, 0.6) is 0 Å². The number of rotatable bonds is 4. The summed E-state index contributed by atoms with van der Waals surface area (Å²) in [5.74, 6) is -0.142. The van der Waals surface area contributed by atoms with Crippen LogP contribution in [0.25, 0.3) is 0 Å². The van der Waals surface area contributed by atoms with Gasteiger partial charge in [-0.1, -0.05) is 30.3 Å². The number of ether oxygens (including phenoxy) is 1. The van der Waals surface area contributed by atoms with Crippen LogP contribution in [0.4, 0.5) is 0 Å². The van der Waals surface area contributed by atoms with Crippen LogP contribution < -0.4 is 0 Å². The molecule has 1 aliphatic rings. The summed E-state index contributed by atoms with van der Waals surface area (Å²) in [6, 6.07) is 10.4. The van der Waals surface area contributed by atoms with E-state index in [2.05, 4.69) is 34.1 Å². The quantitative estimate of drug-likeness (QED) is 0.767. The molecule has 1 fully saturated rings. The zero-order valence-electron chi connectivity index (χ0n) is 11.7. The van der Waals surface area contributed by atoms with E-state index in [0.717, 1.165) is 32.7 Å². The summed E-state index contributed by atoms with van der Waals surface area (Å²) in [5.41, 5.74) is 1.34. The summed E-state index contributed by atoms with van der Waals surface area (Å²) in [5, 5.41) is 0. The van der Waals surface area contributed by atoms with Crippen molar-refractivity contribution in [1.82, 2.24) is 9.80 Å². The third kappa shape index (κ3) is 3.78. The van der Waals surface area contributed by atoms with E-state index in [0.29, 0.717) is 0 Å². The molecule has 0 N–H and O–H groups in total. The Hall–Kier alpha value is -1.39. The van der Waals surface area contributed by atoms with Crippen molar-refractivity contribution in [2.45, 2.75) is 19.5 Å². The number of methoxy groups -OCH3 is 1. The topological polar surface area (TPSA) is 32.8 Å². The van der Waals surface area contributed by atoms with Crippen LogP contribution in [0.3, 0.4) is 0 Å². The molecule has 104 valence electrons. The van der Waals surface area contributed by atoms with Gasteiger partial charge in [-0.2, -0.15) is 0 Å². The van der Waals surface area contributed by atoms with Crippen molar-refractivity contribution in [1.29, 1.82) is 0 Å². The van der Waals surface area contributed by atoms with Gasteiger partial charge in [0, 0.05) is 32.7 Å². The highest BCUT2D eigenvalue weighted by Crippen LogP contribution is 2.11. The maximum absolute atomic E-state index is 11.5. The molecule has 0 aromatic heterocycles. The minimum atomic E-state index is -0.142. The van der Waals surface area contributed by atoms with E-state index in [1.807, 2.05) is 13.0 Å². The van der Waals surface area contributed by atoms with Crippen LogP contribution in [-0.4, -0.2) is 55.1 Å². The van der Waals surface area contributed by atoms with Crippen molar-refractivity contribution in [2.24, 2.45) is 0 Å². The van der Waals surface area contributed by atoms with Crippen molar-refractivity contribution < 1.29 is 9.53 Å². The summed E-state index contributed by atoms with van der Waals surface area (Å²) < 4.78 is 4.79. The van der Waals surface area contributed by atoms with Crippen molar-refractivity contribution in [3.05, 3.63) is 35.9 Å². The number of hydrogen-bond acceptors (Lipinski definition) is 4. The van der Waals surface area contributed by atoms with Crippen LogP contribution in [0.1, 0.15) is 12.5 Å². The predicted molar refractivity (Wildman–Crippen MR) is 74.8 cm³/mol. The highest BCUT2D eigenvalue weighted by atomic mass is 16.5. The second kappa shape index (κ2) is 6.68. The van der Waals surface area contributed by atoms with E-state index >= 15 is 0 Å². The lowest BCUT2D eigenvalue weighted by Gasteiger charge is -2.36. The van der Waals surface area contributed by atoms with E-state index < -0.39 is 0 Å². The maximum atomic E-state index is 11.5. The number of benzene rings is 1. The fourth-order valence-electron chi connectivity index (χ4n) is 2.47. The molecular weight excluding hydrogens is 240 g/mol. The Balaban J connectivity index is 1.81. The Morgan fingerprint density at radius 1 is 1.21 bits per heavy atom. The van der Waals surface area contributed by atoms with Crippen molar-refractivity contribution in [3.8, 4) is 0 Å². The van der Waals surface area contributed by atoms with Gasteiger partial charge < -0.3 is 4.74 Å². The van der Waals surface area contributed by atoms with Crippen LogP contribution in [0.2, 0.25) is 0 Å². The summed E-state index contributed by atoms with van der Waals surface area (Å²) in [6.07, 6.45) is 0. The van der Waals surface area contributed by atoms with Crippen LogP contribution >= 0.6 is 0 Å². The van der Waals surface area contributed by atoms with Gasteiger partial charge in [0.25, 0.3) is 0 Å². The Labute approximate surface area is 115 Å². The largest absolute Gasteiger partial charge is 0.468 e. The predicted octanol–water partition coefficient (Wildman–Crippen LogP) is 1.37. The van der Waals surface area contributed by atoms with Crippen LogP contribution in [0.15, 0.2) is 30.3 Å². The minimum absolute atomic E-state index is 0.135. The Bertz CT molecular complexity index is 400. The fraction of sp³-hybridized carbons (Fsp3) is 0.533. The standard InChI is InChI=1S/C15H22N2O2/c1-13(15(18)19-2)17-10-8-16(9-11-17)12-14-6-4-3-5-7-14/h3-7,13H,8-12H2,1-2H3/t13-/m1/s1. The van der Waals surface area contributed by atoms with Gasteiger partial charge in [0.1, 0.15) is 6.04 Å². The van der Waals surface area contributed by atoms with Gasteiger partial charge in [-0.25, -0.2) is 0 Å². The molecule has 1 aliphatic heterocycles. The van der Waals surface area contributed by atoms with E-state index in [4.69, 9.17) is 4.74 Å².